The number of fused-ring (bicyclic) bond motifs is 1. The maximum atomic E-state index is 10.5. The Labute approximate surface area is 167 Å². The zero-order valence-electron chi connectivity index (χ0n) is 16.5. The highest BCUT2D eigenvalue weighted by molar-refractivity contribution is 6.13. The Hall–Kier alpha value is -3.52. The van der Waals surface area contributed by atoms with Crippen molar-refractivity contribution in [1.29, 1.82) is 0 Å². The van der Waals surface area contributed by atoms with E-state index in [1.54, 1.807) is 42.5 Å². The number of aliphatic imine (C=N–C) groups is 1. The van der Waals surface area contributed by atoms with Gasteiger partial charge in [-0.2, -0.15) is 5.10 Å². The lowest BCUT2D eigenvalue weighted by molar-refractivity contribution is 0.168. The summed E-state index contributed by atoms with van der Waals surface area (Å²) in [6, 6.07) is 5.63. The highest BCUT2D eigenvalue weighted by atomic mass is 16.3. The number of hydrogen-bond acceptors (Lipinski definition) is 6. The van der Waals surface area contributed by atoms with Crippen LogP contribution in [0.1, 0.15) is 25.0 Å². The molecule has 0 unspecified atom stereocenters. The van der Waals surface area contributed by atoms with Crippen LogP contribution in [-0.2, 0) is 6.54 Å². The molecule has 0 radical (unpaired) electrons. The summed E-state index contributed by atoms with van der Waals surface area (Å²) in [6.45, 7) is 5.93. The van der Waals surface area contributed by atoms with Crippen LogP contribution in [0.2, 0.25) is 0 Å². The van der Waals surface area contributed by atoms with E-state index in [2.05, 4.69) is 25.0 Å². The number of aliphatic hydroxyl groups excluding tert-OH is 1. The number of aromatic nitrogens is 5. The number of aromatic amines is 1. The zero-order chi connectivity index (χ0) is 20.5. The first-order chi connectivity index (χ1) is 13.9. The SMILES string of the molecule is CC(=Nc1ccn(C[C@@H](C)O)n1)c1c(O)[nH]c2cnc(-c3cnccc3C)cc12. The third-order valence-corrected chi connectivity index (χ3v) is 4.70. The van der Waals surface area contributed by atoms with E-state index in [1.165, 1.54) is 0 Å². The van der Waals surface area contributed by atoms with E-state index in [0.29, 0.717) is 23.6 Å². The number of pyridine rings is 2. The van der Waals surface area contributed by atoms with Crippen LogP contribution >= 0.6 is 0 Å². The fourth-order valence-electron chi connectivity index (χ4n) is 3.34. The molecule has 0 fully saturated rings. The molecular weight excluding hydrogens is 368 g/mol. The summed E-state index contributed by atoms with van der Waals surface area (Å²) in [7, 11) is 0. The quantitative estimate of drug-likeness (QED) is 0.452. The smallest absolute Gasteiger partial charge is 0.198 e. The van der Waals surface area contributed by atoms with Gasteiger partial charge in [-0.3, -0.25) is 14.6 Å². The minimum absolute atomic E-state index is 0.0338. The lowest BCUT2D eigenvalue weighted by Crippen LogP contribution is -2.11. The molecule has 0 aliphatic rings. The van der Waals surface area contributed by atoms with E-state index in [1.807, 2.05) is 26.0 Å². The van der Waals surface area contributed by atoms with Crippen LogP contribution < -0.4 is 0 Å². The maximum Gasteiger partial charge on any atom is 0.198 e. The molecule has 0 saturated heterocycles. The second kappa shape index (κ2) is 7.48. The fraction of sp³-hybridized carbons (Fsp3) is 0.238. The summed E-state index contributed by atoms with van der Waals surface area (Å²) in [5, 5.41) is 25.1. The molecule has 0 aromatic carbocycles. The third kappa shape index (κ3) is 3.74. The van der Waals surface area contributed by atoms with Crippen LogP contribution in [0.3, 0.4) is 0 Å². The Morgan fingerprint density at radius 1 is 1.31 bits per heavy atom. The van der Waals surface area contributed by atoms with E-state index < -0.39 is 6.10 Å². The molecular formula is C21H22N6O2. The number of rotatable bonds is 5. The minimum atomic E-state index is -0.493. The van der Waals surface area contributed by atoms with Crippen molar-refractivity contribution in [3.8, 4) is 17.1 Å². The highest BCUT2D eigenvalue weighted by Gasteiger charge is 2.16. The van der Waals surface area contributed by atoms with E-state index in [4.69, 9.17) is 0 Å². The van der Waals surface area contributed by atoms with Crippen molar-refractivity contribution in [2.24, 2.45) is 4.99 Å². The molecule has 0 amide bonds. The molecule has 8 heteroatoms. The van der Waals surface area contributed by atoms with Gasteiger partial charge in [-0.1, -0.05) is 0 Å². The molecule has 3 N–H and O–H groups in total. The van der Waals surface area contributed by atoms with Crippen molar-refractivity contribution in [1.82, 2.24) is 24.7 Å². The summed E-state index contributed by atoms with van der Waals surface area (Å²) in [5.74, 6) is 0.542. The van der Waals surface area contributed by atoms with Gasteiger partial charge >= 0.3 is 0 Å². The molecule has 0 bridgehead atoms. The predicted molar refractivity (Wildman–Crippen MR) is 112 cm³/mol. The fourth-order valence-corrected chi connectivity index (χ4v) is 3.34. The largest absolute Gasteiger partial charge is 0.494 e. The van der Waals surface area contributed by atoms with Gasteiger partial charge in [0.15, 0.2) is 11.7 Å². The van der Waals surface area contributed by atoms with Gasteiger partial charge < -0.3 is 15.2 Å². The summed E-state index contributed by atoms with van der Waals surface area (Å²) < 4.78 is 1.64. The molecule has 4 aromatic heterocycles. The normalized spacial score (nSPS) is 13.2. The Balaban J connectivity index is 1.76. The summed E-state index contributed by atoms with van der Waals surface area (Å²) in [4.78, 5) is 16.2. The van der Waals surface area contributed by atoms with Crippen LogP contribution in [0.5, 0.6) is 5.88 Å². The van der Waals surface area contributed by atoms with Gasteiger partial charge in [-0.05, 0) is 38.5 Å². The lowest BCUT2D eigenvalue weighted by Gasteiger charge is -2.05. The summed E-state index contributed by atoms with van der Waals surface area (Å²) in [6.07, 6.45) is 6.50. The first kappa shape index (κ1) is 18.8. The van der Waals surface area contributed by atoms with E-state index >= 15 is 0 Å². The molecule has 0 spiro atoms. The molecule has 4 heterocycles. The molecule has 1 atom stereocenters. The van der Waals surface area contributed by atoms with Gasteiger partial charge in [-0.15, -0.1) is 0 Å². The highest BCUT2D eigenvalue weighted by Crippen LogP contribution is 2.31. The number of aromatic hydroxyl groups is 1. The molecule has 148 valence electrons. The number of nitrogens with one attached hydrogen (secondary N) is 1. The van der Waals surface area contributed by atoms with Gasteiger partial charge in [0.25, 0.3) is 0 Å². The number of nitrogens with zero attached hydrogens (tertiary/aromatic N) is 5. The first-order valence-corrected chi connectivity index (χ1v) is 9.31. The second-order valence-corrected chi connectivity index (χ2v) is 7.10. The van der Waals surface area contributed by atoms with Crippen molar-refractivity contribution in [2.75, 3.05) is 0 Å². The molecule has 4 aromatic rings. The van der Waals surface area contributed by atoms with Gasteiger partial charge in [0.05, 0.1) is 41.3 Å². The van der Waals surface area contributed by atoms with Crippen LogP contribution in [0.4, 0.5) is 5.82 Å². The van der Waals surface area contributed by atoms with Crippen molar-refractivity contribution in [2.45, 2.75) is 33.4 Å². The molecule has 0 aliphatic heterocycles. The average Bonchev–Trinajstić information content (AvgIpc) is 3.23. The standard InChI is InChI=1S/C21H22N6O2/c1-12-4-6-22-9-16(12)17-8-15-18(10-23-17)25-21(29)20(15)14(3)24-19-5-7-27(26-19)11-13(2)28/h4-10,13,25,28-29H,11H2,1-3H3/t13-/m1/s1. The Morgan fingerprint density at radius 2 is 2.14 bits per heavy atom. The Morgan fingerprint density at radius 3 is 2.90 bits per heavy atom. The topological polar surface area (TPSA) is 112 Å². The second-order valence-electron chi connectivity index (χ2n) is 7.10. The van der Waals surface area contributed by atoms with Crippen molar-refractivity contribution >= 4 is 22.4 Å². The molecule has 0 saturated carbocycles. The third-order valence-electron chi connectivity index (χ3n) is 4.70. The van der Waals surface area contributed by atoms with Crippen LogP contribution in [0.25, 0.3) is 22.2 Å². The predicted octanol–water partition coefficient (Wildman–Crippen LogP) is 3.36. The Bertz CT molecular complexity index is 1210. The van der Waals surface area contributed by atoms with Crippen molar-refractivity contribution in [3.05, 3.63) is 54.1 Å². The summed E-state index contributed by atoms with van der Waals surface area (Å²) >= 11 is 0. The molecule has 0 aliphatic carbocycles. The van der Waals surface area contributed by atoms with E-state index in [-0.39, 0.29) is 5.88 Å². The monoisotopic (exact) mass is 390 g/mol. The van der Waals surface area contributed by atoms with E-state index in [9.17, 15) is 10.2 Å². The summed E-state index contributed by atoms with van der Waals surface area (Å²) in [5.41, 5.74) is 4.73. The first-order valence-electron chi connectivity index (χ1n) is 9.31. The van der Waals surface area contributed by atoms with Gasteiger partial charge in [0.2, 0.25) is 0 Å². The van der Waals surface area contributed by atoms with Crippen molar-refractivity contribution < 1.29 is 10.2 Å². The van der Waals surface area contributed by atoms with Crippen LogP contribution in [-0.4, -0.2) is 46.8 Å². The van der Waals surface area contributed by atoms with Crippen LogP contribution in [0, 0.1) is 6.92 Å². The number of H-pyrrole nitrogens is 1. The molecule has 8 nitrogen and oxygen atoms in total. The molecule has 29 heavy (non-hydrogen) atoms. The minimum Gasteiger partial charge on any atom is -0.494 e. The maximum absolute atomic E-state index is 10.5. The number of hydrogen-bond donors (Lipinski definition) is 3. The van der Waals surface area contributed by atoms with Gasteiger partial charge in [0, 0.05) is 35.6 Å². The Kier molecular flexibility index (Phi) is 4.85. The van der Waals surface area contributed by atoms with Gasteiger partial charge in [-0.25, -0.2) is 4.99 Å². The molecule has 4 rings (SSSR count). The van der Waals surface area contributed by atoms with Crippen molar-refractivity contribution in [3.63, 3.8) is 0 Å². The van der Waals surface area contributed by atoms with E-state index in [0.717, 1.165) is 27.7 Å². The van der Waals surface area contributed by atoms with Gasteiger partial charge in [0.1, 0.15) is 0 Å². The average molecular weight is 390 g/mol. The number of aryl methyl sites for hydroxylation is 1. The van der Waals surface area contributed by atoms with Crippen LogP contribution in [0.15, 0.2) is 48.0 Å². The zero-order valence-corrected chi connectivity index (χ0v) is 16.5. The number of aliphatic hydroxyl groups is 1. The lowest BCUT2D eigenvalue weighted by atomic mass is 10.0.